The maximum absolute atomic E-state index is 12.2. The molecule has 0 amide bonds. The lowest BCUT2D eigenvalue weighted by Gasteiger charge is -2.07. The first-order chi connectivity index (χ1) is 7.05. The van der Waals surface area contributed by atoms with Crippen LogP contribution in [0.2, 0.25) is 0 Å². The molecule has 0 aromatic carbocycles. The molecule has 1 aliphatic rings. The van der Waals surface area contributed by atoms with Crippen LogP contribution in [0.5, 0.6) is 0 Å². The molecule has 3 nitrogen and oxygen atoms in total. The van der Waals surface area contributed by atoms with Crippen molar-refractivity contribution in [3.8, 4) is 0 Å². The normalized spacial score (nSPS) is 22.2. The molecular formula is C9H12F3N3. The van der Waals surface area contributed by atoms with Gasteiger partial charge >= 0.3 is 6.18 Å². The van der Waals surface area contributed by atoms with Crippen LogP contribution in [0.4, 0.5) is 13.2 Å². The summed E-state index contributed by atoms with van der Waals surface area (Å²) in [5.41, 5.74) is -0.768. The summed E-state index contributed by atoms with van der Waals surface area (Å²) in [7, 11) is 0. The fourth-order valence-corrected chi connectivity index (χ4v) is 1.77. The Labute approximate surface area is 85.1 Å². The van der Waals surface area contributed by atoms with E-state index in [1.165, 1.54) is 0 Å². The third kappa shape index (κ3) is 2.50. The molecule has 2 rings (SSSR count). The first-order valence-electron chi connectivity index (χ1n) is 4.90. The lowest BCUT2D eigenvalue weighted by Crippen LogP contribution is -2.24. The van der Waals surface area contributed by atoms with Crippen molar-refractivity contribution in [2.75, 3.05) is 6.54 Å². The van der Waals surface area contributed by atoms with Crippen LogP contribution in [0.15, 0.2) is 6.20 Å². The van der Waals surface area contributed by atoms with Crippen molar-refractivity contribution in [2.45, 2.75) is 31.5 Å². The average Bonchev–Trinajstić information content (AvgIpc) is 2.73. The van der Waals surface area contributed by atoms with E-state index in [0.29, 0.717) is 12.2 Å². The fraction of sp³-hybridized carbons (Fsp3) is 0.667. The number of hydrogen-bond donors (Lipinski definition) is 2. The number of hydrogen-bond acceptors (Lipinski definition) is 2. The van der Waals surface area contributed by atoms with Gasteiger partial charge in [-0.05, 0) is 19.4 Å². The lowest BCUT2D eigenvalue weighted by atomic mass is 10.1. The first kappa shape index (κ1) is 10.5. The summed E-state index contributed by atoms with van der Waals surface area (Å²) in [5.74, 6) is 0.404. The highest BCUT2D eigenvalue weighted by molar-refractivity contribution is 5.06. The topological polar surface area (TPSA) is 40.7 Å². The van der Waals surface area contributed by atoms with Crippen molar-refractivity contribution in [1.82, 2.24) is 15.3 Å². The van der Waals surface area contributed by atoms with E-state index in [1.807, 2.05) is 0 Å². The van der Waals surface area contributed by atoms with Gasteiger partial charge in [0.2, 0.25) is 0 Å². The molecule has 6 heteroatoms. The fourth-order valence-electron chi connectivity index (χ4n) is 1.77. The van der Waals surface area contributed by atoms with Crippen molar-refractivity contribution < 1.29 is 13.2 Å². The van der Waals surface area contributed by atoms with Gasteiger partial charge in [-0.3, -0.25) is 0 Å². The monoisotopic (exact) mass is 219 g/mol. The minimum Gasteiger partial charge on any atom is -0.338 e. The molecule has 0 saturated carbocycles. The van der Waals surface area contributed by atoms with E-state index in [0.717, 1.165) is 25.6 Å². The molecule has 84 valence electrons. The van der Waals surface area contributed by atoms with Crippen molar-refractivity contribution >= 4 is 0 Å². The van der Waals surface area contributed by atoms with Gasteiger partial charge in [-0.2, -0.15) is 13.2 Å². The quantitative estimate of drug-likeness (QED) is 0.795. The maximum atomic E-state index is 12.2. The molecule has 0 aliphatic carbocycles. The molecule has 1 unspecified atom stereocenters. The van der Waals surface area contributed by atoms with E-state index in [1.54, 1.807) is 0 Å². The second-order valence-corrected chi connectivity index (χ2v) is 3.74. The van der Waals surface area contributed by atoms with Crippen LogP contribution < -0.4 is 5.32 Å². The summed E-state index contributed by atoms with van der Waals surface area (Å²) in [6.07, 6.45) is -0.853. The Kier molecular flexibility index (Phi) is 2.68. The minimum atomic E-state index is -4.33. The Morgan fingerprint density at radius 2 is 2.27 bits per heavy atom. The van der Waals surface area contributed by atoms with Gasteiger partial charge in [-0.1, -0.05) is 0 Å². The van der Waals surface area contributed by atoms with Crippen molar-refractivity contribution in [1.29, 1.82) is 0 Å². The molecule has 1 aliphatic heterocycles. The smallest absolute Gasteiger partial charge is 0.338 e. The van der Waals surface area contributed by atoms with Gasteiger partial charge in [0, 0.05) is 12.5 Å². The van der Waals surface area contributed by atoms with Gasteiger partial charge in [0.1, 0.15) is 11.5 Å². The number of nitrogens with one attached hydrogen (secondary N) is 2. The third-order valence-corrected chi connectivity index (χ3v) is 2.54. The molecule has 2 N–H and O–H groups in total. The number of imidazole rings is 1. The zero-order valence-corrected chi connectivity index (χ0v) is 8.06. The number of aromatic nitrogens is 2. The molecule has 0 spiro atoms. The second-order valence-electron chi connectivity index (χ2n) is 3.74. The van der Waals surface area contributed by atoms with E-state index in [4.69, 9.17) is 0 Å². The van der Waals surface area contributed by atoms with Crippen LogP contribution in [0, 0.1) is 0 Å². The van der Waals surface area contributed by atoms with E-state index in [2.05, 4.69) is 15.3 Å². The summed E-state index contributed by atoms with van der Waals surface area (Å²) in [6, 6.07) is 0.261. The largest absolute Gasteiger partial charge is 0.432 e. The Morgan fingerprint density at radius 3 is 2.80 bits per heavy atom. The van der Waals surface area contributed by atoms with E-state index < -0.39 is 11.9 Å². The van der Waals surface area contributed by atoms with E-state index >= 15 is 0 Å². The zero-order valence-electron chi connectivity index (χ0n) is 8.06. The van der Waals surface area contributed by atoms with Crippen LogP contribution >= 0.6 is 0 Å². The van der Waals surface area contributed by atoms with Crippen LogP contribution in [0.25, 0.3) is 0 Å². The standard InChI is InChI=1S/C9H12F3N3/c10-9(11,12)7-5-14-8(15-7)4-6-2-1-3-13-6/h5-6,13H,1-4H2,(H,14,15). The van der Waals surface area contributed by atoms with Crippen molar-refractivity contribution in [3.05, 3.63) is 17.7 Å². The SMILES string of the molecule is FC(F)(F)c1cnc(CC2CCCN2)[nH]1. The van der Waals surface area contributed by atoms with Gasteiger partial charge in [0.15, 0.2) is 0 Å². The number of H-pyrrole nitrogens is 1. The van der Waals surface area contributed by atoms with Crippen molar-refractivity contribution in [3.63, 3.8) is 0 Å². The Bertz CT molecular complexity index is 326. The summed E-state index contributed by atoms with van der Waals surface area (Å²) >= 11 is 0. The number of halogens is 3. The highest BCUT2D eigenvalue weighted by Crippen LogP contribution is 2.27. The van der Waals surface area contributed by atoms with Gasteiger partial charge in [-0.15, -0.1) is 0 Å². The lowest BCUT2D eigenvalue weighted by molar-refractivity contribution is -0.140. The highest BCUT2D eigenvalue weighted by atomic mass is 19.4. The Balaban J connectivity index is 2.00. The molecule has 1 aromatic heterocycles. The molecule has 1 saturated heterocycles. The summed E-state index contributed by atoms with van der Waals surface area (Å²) in [6.45, 7) is 0.942. The van der Waals surface area contributed by atoms with Crippen molar-refractivity contribution in [2.24, 2.45) is 0 Å². The molecule has 1 atom stereocenters. The van der Waals surface area contributed by atoms with Gasteiger partial charge < -0.3 is 10.3 Å². The van der Waals surface area contributed by atoms with Gasteiger partial charge in [-0.25, -0.2) is 4.98 Å². The number of alkyl halides is 3. The third-order valence-electron chi connectivity index (χ3n) is 2.54. The van der Waals surface area contributed by atoms with Crippen LogP contribution in [0.1, 0.15) is 24.4 Å². The second kappa shape index (κ2) is 3.84. The van der Waals surface area contributed by atoms with Crippen LogP contribution in [-0.2, 0) is 12.6 Å². The molecule has 2 heterocycles. The highest BCUT2D eigenvalue weighted by Gasteiger charge is 2.33. The van der Waals surface area contributed by atoms with E-state index in [-0.39, 0.29) is 6.04 Å². The molecule has 0 radical (unpaired) electrons. The van der Waals surface area contributed by atoms with Gasteiger partial charge in [0.05, 0.1) is 6.20 Å². The Hall–Kier alpha value is -1.04. The summed E-state index contributed by atoms with van der Waals surface area (Å²) in [5, 5.41) is 3.21. The predicted octanol–water partition coefficient (Wildman–Crippen LogP) is 1.72. The van der Waals surface area contributed by atoms with Gasteiger partial charge in [0.25, 0.3) is 0 Å². The molecule has 1 fully saturated rings. The zero-order chi connectivity index (χ0) is 10.9. The molecule has 15 heavy (non-hydrogen) atoms. The summed E-state index contributed by atoms with van der Waals surface area (Å²) in [4.78, 5) is 6.03. The van der Waals surface area contributed by atoms with Crippen LogP contribution in [-0.4, -0.2) is 22.6 Å². The number of nitrogens with zero attached hydrogens (tertiary/aromatic N) is 1. The molecule has 1 aromatic rings. The average molecular weight is 219 g/mol. The summed E-state index contributed by atoms with van der Waals surface area (Å²) < 4.78 is 36.7. The first-order valence-corrected chi connectivity index (χ1v) is 4.90. The van der Waals surface area contributed by atoms with Crippen LogP contribution in [0.3, 0.4) is 0 Å². The van der Waals surface area contributed by atoms with E-state index in [9.17, 15) is 13.2 Å². The predicted molar refractivity (Wildman–Crippen MR) is 48.3 cm³/mol. The maximum Gasteiger partial charge on any atom is 0.432 e. The molecular weight excluding hydrogens is 207 g/mol. The Morgan fingerprint density at radius 1 is 1.47 bits per heavy atom. The minimum absolute atomic E-state index is 0.261. The molecule has 0 bridgehead atoms. The number of aromatic amines is 1. The number of rotatable bonds is 2.